The van der Waals surface area contributed by atoms with Crippen LogP contribution in [0.25, 0.3) is 16.5 Å². The molecule has 0 bridgehead atoms. The first-order valence-electron chi connectivity index (χ1n) is 6.56. The molecule has 2 aromatic rings. The molecule has 0 aliphatic heterocycles. The number of aromatic nitrogens is 1. The Hall–Kier alpha value is -1.67. The summed E-state index contributed by atoms with van der Waals surface area (Å²) in [7, 11) is 0. The lowest BCUT2D eigenvalue weighted by molar-refractivity contribution is 0.654. The molecule has 2 nitrogen and oxygen atoms in total. The average molecular weight is 238 g/mol. The maximum absolute atomic E-state index is 6.01. The summed E-state index contributed by atoms with van der Waals surface area (Å²) in [5.41, 5.74) is 10.8. The van der Waals surface area contributed by atoms with Crippen molar-refractivity contribution in [3.8, 4) is 0 Å². The highest BCUT2D eigenvalue weighted by atomic mass is 14.7. The molecule has 0 saturated heterocycles. The Balaban J connectivity index is 2.05. The van der Waals surface area contributed by atoms with Crippen molar-refractivity contribution in [1.29, 1.82) is 0 Å². The Labute approximate surface area is 108 Å². The lowest BCUT2D eigenvalue weighted by Gasteiger charge is -2.18. The Morgan fingerprint density at radius 2 is 2.11 bits per heavy atom. The SMILES string of the molecule is Cc1ccc2cc(C3=CC(N)CCC3)ccc2n1. The monoisotopic (exact) mass is 238 g/mol. The molecule has 1 aromatic heterocycles. The molecule has 0 radical (unpaired) electrons. The van der Waals surface area contributed by atoms with Gasteiger partial charge in [0.1, 0.15) is 0 Å². The van der Waals surface area contributed by atoms with Gasteiger partial charge in [0.25, 0.3) is 0 Å². The number of aryl methyl sites for hydroxylation is 1. The van der Waals surface area contributed by atoms with Crippen molar-refractivity contribution in [2.24, 2.45) is 5.73 Å². The van der Waals surface area contributed by atoms with E-state index in [-0.39, 0.29) is 6.04 Å². The zero-order valence-electron chi connectivity index (χ0n) is 10.7. The summed E-state index contributed by atoms with van der Waals surface area (Å²) < 4.78 is 0. The van der Waals surface area contributed by atoms with Crippen molar-refractivity contribution in [3.05, 3.63) is 47.7 Å². The van der Waals surface area contributed by atoms with Crippen LogP contribution >= 0.6 is 0 Å². The van der Waals surface area contributed by atoms with E-state index in [1.807, 2.05) is 6.92 Å². The van der Waals surface area contributed by atoms with Crippen molar-refractivity contribution < 1.29 is 0 Å². The first-order valence-corrected chi connectivity index (χ1v) is 6.56. The molecule has 1 aliphatic rings. The summed E-state index contributed by atoms with van der Waals surface area (Å²) in [5, 5.41) is 1.21. The maximum Gasteiger partial charge on any atom is 0.0705 e. The van der Waals surface area contributed by atoms with Gasteiger partial charge in [-0.3, -0.25) is 4.98 Å². The quantitative estimate of drug-likeness (QED) is 0.826. The summed E-state index contributed by atoms with van der Waals surface area (Å²) in [4.78, 5) is 4.53. The minimum Gasteiger partial charge on any atom is -0.324 e. The van der Waals surface area contributed by atoms with Gasteiger partial charge in [-0.2, -0.15) is 0 Å². The third-order valence-electron chi connectivity index (χ3n) is 3.60. The smallest absolute Gasteiger partial charge is 0.0705 e. The second-order valence-corrected chi connectivity index (χ2v) is 5.11. The largest absolute Gasteiger partial charge is 0.324 e. The van der Waals surface area contributed by atoms with Gasteiger partial charge in [-0.25, -0.2) is 0 Å². The summed E-state index contributed by atoms with van der Waals surface area (Å²) in [6.07, 6.45) is 5.65. The van der Waals surface area contributed by atoms with Gasteiger partial charge in [0.15, 0.2) is 0 Å². The molecule has 1 aliphatic carbocycles. The normalized spacial score (nSPS) is 19.9. The van der Waals surface area contributed by atoms with E-state index in [2.05, 4.69) is 41.4 Å². The Morgan fingerprint density at radius 3 is 2.94 bits per heavy atom. The molecule has 3 rings (SSSR count). The number of hydrogen-bond donors (Lipinski definition) is 1. The number of pyridine rings is 1. The lowest BCUT2D eigenvalue weighted by atomic mass is 9.91. The van der Waals surface area contributed by atoms with Crippen LogP contribution in [-0.2, 0) is 0 Å². The van der Waals surface area contributed by atoms with Crippen molar-refractivity contribution in [3.63, 3.8) is 0 Å². The fraction of sp³-hybridized carbons (Fsp3) is 0.312. The molecular formula is C16H18N2. The van der Waals surface area contributed by atoms with E-state index in [1.54, 1.807) is 0 Å². The molecule has 1 heterocycles. The van der Waals surface area contributed by atoms with Crippen molar-refractivity contribution in [1.82, 2.24) is 4.98 Å². The third kappa shape index (κ3) is 2.16. The minimum absolute atomic E-state index is 0.223. The highest BCUT2D eigenvalue weighted by Gasteiger charge is 2.11. The van der Waals surface area contributed by atoms with Crippen molar-refractivity contribution in [2.75, 3.05) is 0 Å². The van der Waals surface area contributed by atoms with Crippen LogP contribution in [-0.4, -0.2) is 11.0 Å². The molecule has 92 valence electrons. The van der Waals surface area contributed by atoms with Crippen LogP contribution in [0.4, 0.5) is 0 Å². The summed E-state index contributed by atoms with van der Waals surface area (Å²) >= 11 is 0. The zero-order chi connectivity index (χ0) is 12.5. The van der Waals surface area contributed by atoms with Crippen molar-refractivity contribution in [2.45, 2.75) is 32.2 Å². The number of benzene rings is 1. The fourth-order valence-corrected chi connectivity index (χ4v) is 2.62. The van der Waals surface area contributed by atoms with Crippen LogP contribution in [0, 0.1) is 6.92 Å². The highest BCUT2D eigenvalue weighted by molar-refractivity contribution is 5.83. The summed E-state index contributed by atoms with van der Waals surface area (Å²) in [6, 6.07) is 10.9. The van der Waals surface area contributed by atoms with Crippen LogP contribution in [0.2, 0.25) is 0 Å². The molecule has 0 saturated carbocycles. The molecule has 2 N–H and O–H groups in total. The molecule has 2 heteroatoms. The van der Waals surface area contributed by atoms with Crippen LogP contribution in [0.3, 0.4) is 0 Å². The van der Waals surface area contributed by atoms with Crippen molar-refractivity contribution >= 4 is 16.5 Å². The topological polar surface area (TPSA) is 38.9 Å². The number of nitrogens with two attached hydrogens (primary N) is 1. The van der Waals surface area contributed by atoms with Crippen LogP contribution in [0.1, 0.15) is 30.5 Å². The first kappa shape index (κ1) is 11.4. The van der Waals surface area contributed by atoms with Gasteiger partial charge in [0.2, 0.25) is 0 Å². The van der Waals surface area contributed by atoms with E-state index < -0.39 is 0 Å². The minimum atomic E-state index is 0.223. The van der Waals surface area contributed by atoms with Gasteiger partial charge in [-0.1, -0.05) is 18.2 Å². The van der Waals surface area contributed by atoms with E-state index in [0.717, 1.165) is 24.1 Å². The second kappa shape index (κ2) is 4.54. The molecule has 18 heavy (non-hydrogen) atoms. The third-order valence-corrected chi connectivity index (χ3v) is 3.60. The van der Waals surface area contributed by atoms with E-state index in [4.69, 9.17) is 5.73 Å². The predicted octanol–water partition coefficient (Wildman–Crippen LogP) is 3.44. The summed E-state index contributed by atoms with van der Waals surface area (Å²) in [6.45, 7) is 2.02. The van der Waals surface area contributed by atoms with Crippen LogP contribution < -0.4 is 5.73 Å². The molecule has 0 fully saturated rings. The fourth-order valence-electron chi connectivity index (χ4n) is 2.62. The Morgan fingerprint density at radius 1 is 1.22 bits per heavy atom. The number of fused-ring (bicyclic) bond motifs is 1. The van der Waals surface area contributed by atoms with Gasteiger partial charge >= 0.3 is 0 Å². The maximum atomic E-state index is 6.01. The molecular weight excluding hydrogens is 220 g/mol. The van der Waals surface area contributed by atoms with Gasteiger partial charge < -0.3 is 5.73 Å². The Kier molecular flexibility index (Phi) is 2.88. The first-order chi connectivity index (χ1) is 8.72. The standard InChI is InChI=1S/C16H18N2/c1-11-5-6-14-9-13(7-8-16(14)18-11)12-3-2-4-15(17)10-12/h5-10,15H,2-4,17H2,1H3. The van der Waals surface area contributed by atoms with E-state index in [1.165, 1.54) is 22.9 Å². The molecule has 0 amide bonds. The summed E-state index contributed by atoms with van der Waals surface area (Å²) in [5.74, 6) is 0. The van der Waals surface area contributed by atoms with Gasteiger partial charge in [-0.15, -0.1) is 0 Å². The number of allylic oxidation sites excluding steroid dienone is 1. The van der Waals surface area contributed by atoms with E-state index in [9.17, 15) is 0 Å². The average Bonchev–Trinajstić information content (AvgIpc) is 2.38. The van der Waals surface area contributed by atoms with Gasteiger partial charge in [0, 0.05) is 17.1 Å². The molecule has 0 spiro atoms. The zero-order valence-corrected chi connectivity index (χ0v) is 10.7. The number of hydrogen-bond acceptors (Lipinski definition) is 2. The molecule has 1 aromatic carbocycles. The number of nitrogens with zero attached hydrogens (tertiary/aromatic N) is 1. The van der Waals surface area contributed by atoms with E-state index >= 15 is 0 Å². The lowest BCUT2D eigenvalue weighted by Crippen LogP contribution is -2.19. The van der Waals surface area contributed by atoms with Crippen LogP contribution in [0.15, 0.2) is 36.4 Å². The van der Waals surface area contributed by atoms with Gasteiger partial charge in [-0.05, 0) is 55.5 Å². The number of rotatable bonds is 1. The Bertz CT molecular complexity index is 614. The molecule has 1 unspecified atom stereocenters. The van der Waals surface area contributed by atoms with Gasteiger partial charge in [0.05, 0.1) is 5.52 Å². The highest BCUT2D eigenvalue weighted by Crippen LogP contribution is 2.28. The van der Waals surface area contributed by atoms with E-state index in [0.29, 0.717) is 0 Å². The van der Waals surface area contributed by atoms with Crippen LogP contribution in [0.5, 0.6) is 0 Å². The molecule has 1 atom stereocenters. The predicted molar refractivity (Wildman–Crippen MR) is 76.3 cm³/mol. The second-order valence-electron chi connectivity index (χ2n) is 5.11.